The van der Waals surface area contributed by atoms with Gasteiger partial charge in [0.2, 0.25) is 0 Å². The first-order valence-corrected chi connectivity index (χ1v) is 4.97. The van der Waals surface area contributed by atoms with E-state index in [1.165, 1.54) is 6.20 Å². The number of aliphatic hydroxyl groups excluding tert-OH is 3. The van der Waals surface area contributed by atoms with Gasteiger partial charge < -0.3 is 25.0 Å². The zero-order valence-electron chi connectivity index (χ0n) is 8.68. The van der Waals surface area contributed by atoms with Crippen molar-refractivity contribution in [2.75, 3.05) is 6.61 Å². The molecule has 2 rings (SSSR count). The normalized spacial score (nSPS) is 32.9. The molecule has 0 bridgehead atoms. The Hall–Kier alpha value is -1.48. The number of imidazole rings is 1. The minimum Gasteiger partial charge on any atom is -0.394 e. The first-order chi connectivity index (χ1) is 8.08. The van der Waals surface area contributed by atoms with Crippen LogP contribution in [0.25, 0.3) is 0 Å². The highest BCUT2D eigenvalue weighted by molar-refractivity contribution is 5.70. The number of aliphatic hydroxyl groups is 3. The maximum atomic E-state index is 11.4. The van der Waals surface area contributed by atoms with Gasteiger partial charge in [0.1, 0.15) is 18.3 Å². The summed E-state index contributed by atoms with van der Waals surface area (Å²) < 4.78 is 6.10. The molecule has 1 aromatic heterocycles. The first kappa shape index (κ1) is 12.0. The van der Waals surface area contributed by atoms with Crippen LogP contribution in [0.1, 0.15) is 16.7 Å². The Morgan fingerprint density at radius 2 is 2.18 bits per heavy atom. The minimum absolute atomic E-state index is 0.0349. The van der Waals surface area contributed by atoms with Gasteiger partial charge in [-0.3, -0.25) is 9.36 Å². The largest absolute Gasteiger partial charge is 0.394 e. The molecule has 8 heteroatoms. The lowest BCUT2D eigenvalue weighted by molar-refractivity contribution is -0.0542. The number of rotatable bonds is 3. The highest BCUT2D eigenvalue weighted by Gasteiger charge is 2.43. The summed E-state index contributed by atoms with van der Waals surface area (Å²) >= 11 is 0. The van der Waals surface area contributed by atoms with Crippen LogP contribution in [0.2, 0.25) is 0 Å². The summed E-state index contributed by atoms with van der Waals surface area (Å²) in [5.74, 6) is 0. The molecule has 17 heavy (non-hydrogen) atoms. The predicted octanol–water partition coefficient (Wildman–Crippen LogP) is -2.40. The zero-order chi connectivity index (χ0) is 12.6. The fraction of sp³-hybridized carbons (Fsp3) is 0.556. The van der Waals surface area contributed by atoms with Gasteiger partial charge in [-0.1, -0.05) is 0 Å². The van der Waals surface area contributed by atoms with E-state index < -0.39 is 36.8 Å². The third-order valence-corrected chi connectivity index (χ3v) is 2.68. The van der Waals surface area contributed by atoms with E-state index >= 15 is 0 Å². The maximum absolute atomic E-state index is 11.4. The van der Waals surface area contributed by atoms with Gasteiger partial charge in [0.05, 0.1) is 12.3 Å². The molecular formula is C9H12N2O6. The summed E-state index contributed by atoms with van der Waals surface area (Å²) in [6.45, 7) is -0.478. The van der Waals surface area contributed by atoms with Crippen LogP contribution < -0.4 is 5.69 Å². The third-order valence-electron chi connectivity index (χ3n) is 2.68. The number of aromatic nitrogens is 2. The zero-order valence-corrected chi connectivity index (χ0v) is 8.68. The van der Waals surface area contributed by atoms with Gasteiger partial charge in [0, 0.05) is 6.20 Å². The van der Waals surface area contributed by atoms with Gasteiger partial charge in [0.15, 0.2) is 12.5 Å². The molecule has 0 aromatic carbocycles. The number of carbonyl (C=O) groups is 1. The van der Waals surface area contributed by atoms with Crippen molar-refractivity contribution in [1.82, 2.24) is 9.55 Å². The van der Waals surface area contributed by atoms with E-state index in [0.29, 0.717) is 6.29 Å². The summed E-state index contributed by atoms with van der Waals surface area (Å²) in [5.41, 5.74) is -0.602. The second kappa shape index (κ2) is 4.41. The van der Waals surface area contributed by atoms with Crippen molar-refractivity contribution in [2.45, 2.75) is 24.5 Å². The third kappa shape index (κ3) is 1.91. The SMILES string of the molecule is O=Cc1cn(C2OC(CO)C(O)C2O)c(=O)[nH]1. The quantitative estimate of drug-likeness (QED) is 0.439. The van der Waals surface area contributed by atoms with Crippen molar-refractivity contribution in [1.29, 1.82) is 0 Å². The minimum atomic E-state index is -1.35. The number of aldehydes is 1. The Labute approximate surface area is 95.1 Å². The Morgan fingerprint density at radius 1 is 1.47 bits per heavy atom. The Morgan fingerprint density at radius 3 is 2.65 bits per heavy atom. The molecular weight excluding hydrogens is 232 g/mol. The van der Waals surface area contributed by atoms with Crippen LogP contribution in [0.15, 0.2) is 11.0 Å². The van der Waals surface area contributed by atoms with Gasteiger partial charge in [-0.2, -0.15) is 0 Å². The van der Waals surface area contributed by atoms with E-state index in [9.17, 15) is 19.8 Å². The molecule has 1 saturated heterocycles. The summed E-state index contributed by atoms with van der Waals surface area (Å²) in [5, 5.41) is 28.1. The van der Waals surface area contributed by atoms with Gasteiger partial charge in [-0.05, 0) is 0 Å². The lowest BCUT2D eigenvalue weighted by Crippen LogP contribution is -2.34. The van der Waals surface area contributed by atoms with Crippen LogP contribution in [0.3, 0.4) is 0 Å². The Kier molecular flexibility index (Phi) is 3.11. The van der Waals surface area contributed by atoms with Crippen molar-refractivity contribution in [3.05, 3.63) is 22.4 Å². The monoisotopic (exact) mass is 244 g/mol. The van der Waals surface area contributed by atoms with Crippen LogP contribution in [0, 0.1) is 0 Å². The molecule has 0 spiro atoms. The van der Waals surface area contributed by atoms with Crippen molar-refractivity contribution in [3.63, 3.8) is 0 Å². The molecule has 1 aliphatic heterocycles. The number of ether oxygens (including phenoxy) is 1. The molecule has 4 atom stereocenters. The molecule has 1 aliphatic rings. The molecule has 2 heterocycles. The number of hydrogen-bond donors (Lipinski definition) is 4. The highest BCUT2D eigenvalue weighted by Crippen LogP contribution is 2.28. The number of nitrogens with zero attached hydrogens (tertiary/aromatic N) is 1. The van der Waals surface area contributed by atoms with Crippen LogP contribution in [-0.2, 0) is 4.74 Å². The fourth-order valence-corrected chi connectivity index (χ4v) is 1.79. The van der Waals surface area contributed by atoms with Gasteiger partial charge in [-0.25, -0.2) is 4.79 Å². The summed E-state index contributed by atoms with van der Waals surface area (Å²) in [4.78, 5) is 24.2. The van der Waals surface area contributed by atoms with Crippen LogP contribution in [-0.4, -0.2) is 56.1 Å². The second-order valence-electron chi connectivity index (χ2n) is 3.77. The van der Waals surface area contributed by atoms with Gasteiger partial charge in [0.25, 0.3) is 0 Å². The first-order valence-electron chi connectivity index (χ1n) is 4.97. The van der Waals surface area contributed by atoms with Crippen molar-refractivity contribution < 1.29 is 24.9 Å². The van der Waals surface area contributed by atoms with Crippen LogP contribution in [0.5, 0.6) is 0 Å². The van der Waals surface area contributed by atoms with Gasteiger partial charge in [-0.15, -0.1) is 0 Å². The van der Waals surface area contributed by atoms with E-state index in [2.05, 4.69) is 4.98 Å². The molecule has 0 radical (unpaired) electrons. The Bertz CT molecular complexity index is 466. The number of nitrogens with one attached hydrogen (secondary N) is 1. The standard InChI is InChI=1S/C9H12N2O6/c12-2-4-1-11(9(16)10-4)8-7(15)6(14)5(3-13)17-8/h1-2,5-8,13-15H,3H2,(H,10,16). The summed E-state index contributed by atoms with van der Waals surface area (Å²) in [6.07, 6.45) is -3.10. The molecule has 4 N–H and O–H groups in total. The molecule has 0 saturated carbocycles. The lowest BCUT2D eigenvalue weighted by Gasteiger charge is -2.14. The van der Waals surface area contributed by atoms with E-state index in [1.54, 1.807) is 0 Å². The van der Waals surface area contributed by atoms with E-state index in [4.69, 9.17) is 9.84 Å². The fourth-order valence-electron chi connectivity index (χ4n) is 1.79. The number of carbonyl (C=O) groups excluding carboxylic acids is 1. The topological polar surface area (TPSA) is 125 Å². The van der Waals surface area contributed by atoms with Gasteiger partial charge >= 0.3 is 5.69 Å². The molecule has 1 aromatic rings. The average molecular weight is 244 g/mol. The highest BCUT2D eigenvalue weighted by atomic mass is 16.6. The van der Waals surface area contributed by atoms with Crippen LogP contribution in [0.4, 0.5) is 0 Å². The van der Waals surface area contributed by atoms with Crippen molar-refractivity contribution >= 4 is 6.29 Å². The van der Waals surface area contributed by atoms with E-state index in [-0.39, 0.29) is 5.69 Å². The van der Waals surface area contributed by atoms with Crippen molar-refractivity contribution in [3.8, 4) is 0 Å². The molecule has 1 fully saturated rings. The molecule has 0 amide bonds. The Balaban J connectivity index is 2.31. The predicted molar refractivity (Wildman–Crippen MR) is 53.4 cm³/mol. The van der Waals surface area contributed by atoms with E-state index in [0.717, 1.165) is 4.57 Å². The summed E-state index contributed by atoms with van der Waals surface area (Å²) in [6, 6.07) is 0. The smallest absolute Gasteiger partial charge is 0.328 e. The van der Waals surface area contributed by atoms with E-state index in [1.807, 2.05) is 0 Å². The number of H-pyrrole nitrogens is 1. The molecule has 0 aliphatic carbocycles. The second-order valence-corrected chi connectivity index (χ2v) is 3.77. The van der Waals surface area contributed by atoms with Crippen LogP contribution >= 0.6 is 0 Å². The lowest BCUT2D eigenvalue weighted by atomic mass is 10.1. The number of hydrogen-bond acceptors (Lipinski definition) is 6. The molecule has 8 nitrogen and oxygen atoms in total. The van der Waals surface area contributed by atoms with Crippen molar-refractivity contribution in [2.24, 2.45) is 0 Å². The summed E-state index contributed by atoms with van der Waals surface area (Å²) in [7, 11) is 0. The average Bonchev–Trinajstić information content (AvgIpc) is 2.82. The number of aromatic amines is 1. The molecule has 94 valence electrons. The maximum Gasteiger partial charge on any atom is 0.328 e. The molecule has 4 unspecified atom stereocenters.